The van der Waals surface area contributed by atoms with Gasteiger partial charge in [-0.3, -0.25) is 4.79 Å². The highest BCUT2D eigenvalue weighted by Gasteiger charge is 2.28. The molecule has 1 aromatic heterocycles. The number of amides is 1. The number of nitrogens with zero attached hydrogens (tertiary/aromatic N) is 1. The third-order valence-electron chi connectivity index (χ3n) is 2.95. The fraction of sp³-hybridized carbons (Fsp3) is 0.583. The molecule has 2 heterocycles. The van der Waals surface area contributed by atoms with Gasteiger partial charge in [0.25, 0.3) is 5.91 Å². The lowest BCUT2D eigenvalue weighted by Crippen LogP contribution is -2.49. The Morgan fingerprint density at radius 2 is 2.53 bits per heavy atom. The summed E-state index contributed by atoms with van der Waals surface area (Å²) in [5.41, 5.74) is 0. The van der Waals surface area contributed by atoms with Gasteiger partial charge < -0.3 is 19.4 Å². The number of morpholine rings is 1. The maximum atomic E-state index is 12.2. The lowest BCUT2D eigenvalue weighted by Gasteiger charge is -2.35. The van der Waals surface area contributed by atoms with Crippen LogP contribution in [-0.2, 0) is 4.74 Å². The quantitative estimate of drug-likeness (QED) is 0.840. The summed E-state index contributed by atoms with van der Waals surface area (Å²) in [7, 11) is 1.91. The highest BCUT2D eigenvalue weighted by Crippen LogP contribution is 2.15. The Bertz CT molecular complexity index is 351. The topological polar surface area (TPSA) is 54.7 Å². The van der Waals surface area contributed by atoms with E-state index in [4.69, 9.17) is 9.15 Å². The first-order chi connectivity index (χ1) is 8.33. The Labute approximate surface area is 101 Å². The molecule has 0 radical (unpaired) electrons. The second kappa shape index (κ2) is 5.84. The second-order valence-corrected chi connectivity index (χ2v) is 4.10. The summed E-state index contributed by atoms with van der Waals surface area (Å²) in [5, 5.41) is 3.09. The summed E-state index contributed by atoms with van der Waals surface area (Å²) >= 11 is 0. The van der Waals surface area contributed by atoms with Crippen molar-refractivity contribution in [3.63, 3.8) is 0 Å². The molecule has 0 aromatic carbocycles. The minimum Gasteiger partial charge on any atom is -0.459 e. The highest BCUT2D eigenvalue weighted by molar-refractivity contribution is 5.91. The Balaban J connectivity index is 2.03. The van der Waals surface area contributed by atoms with Crippen molar-refractivity contribution < 1.29 is 13.9 Å². The monoisotopic (exact) mass is 238 g/mol. The minimum atomic E-state index is -0.0422. The first kappa shape index (κ1) is 12.1. The molecule has 94 valence electrons. The average Bonchev–Trinajstić information content (AvgIpc) is 2.89. The highest BCUT2D eigenvalue weighted by atomic mass is 16.5. The predicted octanol–water partition coefficient (Wildman–Crippen LogP) is 0.730. The molecule has 1 atom stereocenters. The van der Waals surface area contributed by atoms with Gasteiger partial charge in [-0.25, -0.2) is 0 Å². The van der Waals surface area contributed by atoms with Gasteiger partial charge in [0, 0.05) is 6.54 Å². The van der Waals surface area contributed by atoms with E-state index in [2.05, 4.69) is 5.32 Å². The van der Waals surface area contributed by atoms with E-state index in [1.165, 1.54) is 6.26 Å². The van der Waals surface area contributed by atoms with Crippen molar-refractivity contribution in [3.8, 4) is 0 Å². The van der Waals surface area contributed by atoms with Crippen molar-refractivity contribution in [3.05, 3.63) is 24.2 Å². The van der Waals surface area contributed by atoms with Crippen LogP contribution in [0.4, 0.5) is 0 Å². The number of furan rings is 1. The molecule has 1 amide bonds. The lowest BCUT2D eigenvalue weighted by atomic mass is 10.1. The summed E-state index contributed by atoms with van der Waals surface area (Å²) in [6.45, 7) is 2.71. The first-order valence-corrected chi connectivity index (χ1v) is 5.89. The Hall–Kier alpha value is -1.33. The number of carbonyl (C=O) groups excluding carboxylic acids is 1. The van der Waals surface area contributed by atoms with E-state index in [1.807, 2.05) is 11.9 Å². The number of carbonyl (C=O) groups is 1. The van der Waals surface area contributed by atoms with Gasteiger partial charge in [0.2, 0.25) is 0 Å². The number of nitrogens with one attached hydrogen (secondary N) is 1. The number of rotatable bonds is 4. The van der Waals surface area contributed by atoms with Crippen LogP contribution in [-0.4, -0.2) is 50.2 Å². The number of hydrogen-bond acceptors (Lipinski definition) is 4. The molecule has 1 aliphatic heterocycles. The minimum absolute atomic E-state index is 0.0422. The molecule has 17 heavy (non-hydrogen) atoms. The Kier molecular flexibility index (Phi) is 4.17. The molecule has 0 bridgehead atoms. The van der Waals surface area contributed by atoms with Gasteiger partial charge in [0.1, 0.15) is 0 Å². The SMILES string of the molecule is CNCCC1COCCN1C(=O)c1ccco1. The molecule has 0 spiro atoms. The third kappa shape index (κ3) is 2.87. The van der Waals surface area contributed by atoms with Crippen LogP contribution in [0.2, 0.25) is 0 Å². The second-order valence-electron chi connectivity index (χ2n) is 4.10. The largest absolute Gasteiger partial charge is 0.459 e. The van der Waals surface area contributed by atoms with Gasteiger partial charge >= 0.3 is 0 Å². The molecule has 2 rings (SSSR count). The van der Waals surface area contributed by atoms with Crippen molar-refractivity contribution >= 4 is 5.91 Å². The fourth-order valence-corrected chi connectivity index (χ4v) is 2.01. The molecule has 0 aliphatic carbocycles. The first-order valence-electron chi connectivity index (χ1n) is 5.89. The zero-order valence-electron chi connectivity index (χ0n) is 10.0. The maximum Gasteiger partial charge on any atom is 0.289 e. The van der Waals surface area contributed by atoms with Gasteiger partial charge in [-0.1, -0.05) is 0 Å². The van der Waals surface area contributed by atoms with E-state index in [-0.39, 0.29) is 11.9 Å². The zero-order chi connectivity index (χ0) is 12.1. The third-order valence-corrected chi connectivity index (χ3v) is 2.95. The average molecular weight is 238 g/mol. The number of hydrogen-bond donors (Lipinski definition) is 1. The lowest BCUT2D eigenvalue weighted by molar-refractivity contribution is -0.00541. The van der Waals surface area contributed by atoms with Gasteiger partial charge in [0.05, 0.1) is 25.5 Å². The van der Waals surface area contributed by atoms with E-state index in [1.54, 1.807) is 12.1 Å². The zero-order valence-corrected chi connectivity index (χ0v) is 10.0. The number of ether oxygens (including phenoxy) is 1. The van der Waals surface area contributed by atoms with E-state index in [9.17, 15) is 4.79 Å². The van der Waals surface area contributed by atoms with Crippen molar-refractivity contribution in [2.45, 2.75) is 12.5 Å². The molecule has 1 N–H and O–H groups in total. The molecular weight excluding hydrogens is 220 g/mol. The van der Waals surface area contributed by atoms with Crippen molar-refractivity contribution in [2.24, 2.45) is 0 Å². The van der Waals surface area contributed by atoms with Crippen LogP contribution in [0.3, 0.4) is 0 Å². The molecule has 1 aromatic rings. The Morgan fingerprint density at radius 3 is 3.24 bits per heavy atom. The van der Waals surface area contributed by atoms with Crippen LogP contribution in [0.1, 0.15) is 17.0 Å². The van der Waals surface area contributed by atoms with Crippen LogP contribution < -0.4 is 5.32 Å². The molecule has 1 saturated heterocycles. The molecule has 5 nitrogen and oxygen atoms in total. The molecular formula is C12H18N2O3. The fourth-order valence-electron chi connectivity index (χ4n) is 2.01. The van der Waals surface area contributed by atoms with Crippen molar-refractivity contribution in [2.75, 3.05) is 33.4 Å². The van der Waals surface area contributed by atoms with E-state index in [0.29, 0.717) is 25.5 Å². The predicted molar refractivity (Wildman–Crippen MR) is 62.9 cm³/mol. The smallest absolute Gasteiger partial charge is 0.289 e. The van der Waals surface area contributed by atoms with Gasteiger partial charge in [-0.2, -0.15) is 0 Å². The molecule has 5 heteroatoms. The molecule has 1 fully saturated rings. The summed E-state index contributed by atoms with van der Waals surface area (Å²) in [4.78, 5) is 14.0. The van der Waals surface area contributed by atoms with Gasteiger partial charge in [0.15, 0.2) is 5.76 Å². The van der Waals surface area contributed by atoms with Crippen LogP contribution in [0.5, 0.6) is 0 Å². The van der Waals surface area contributed by atoms with Crippen molar-refractivity contribution in [1.82, 2.24) is 10.2 Å². The van der Waals surface area contributed by atoms with Crippen LogP contribution in [0.15, 0.2) is 22.8 Å². The van der Waals surface area contributed by atoms with Crippen LogP contribution in [0, 0.1) is 0 Å². The Morgan fingerprint density at radius 1 is 1.65 bits per heavy atom. The van der Waals surface area contributed by atoms with E-state index in [0.717, 1.165) is 13.0 Å². The molecule has 0 saturated carbocycles. The molecule has 1 aliphatic rings. The van der Waals surface area contributed by atoms with Gasteiger partial charge in [-0.05, 0) is 32.1 Å². The normalized spacial score (nSPS) is 20.5. The van der Waals surface area contributed by atoms with Crippen LogP contribution >= 0.6 is 0 Å². The summed E-state index contributed by atoms with van der Waals surface area (Å²) < 4.78 is 10.6. The summed E-state index contributed by atoms with van der Waals surface area (Å²) in [6, 6.07) is 3.57. The summed E-state index contributed by atoms with van der Waals surface area (Å²) in [5.74, 6) is 0.362. The van der Waals surface area contributed by atoms with Crippen molar-refractivity contribution in [1.29, 1.82) is 0 Å². The summed E-state index contributed by atoms with van der Waals surface area (Å²) in [6.07, 6.45) is 2.42. The van der Waals surface area contributed by atoms with E-state index >= 15 is 0 Å². The van der Waals surface area contributed by atoms with E-state index < -0.39 is 0 Å². The standard InChI is InChI=1S/C12H18N2O3/c1-13-5-4-10-9-16-8-6-14(10)12(15)11-3-2-7-17-11/h2-3,7,10,13H,4-6,8-9H2,1H3. The van der Waals surface area contributed by atoms with Crippen LogP contribution in [0.25, 0.3) is 0 Å². The van der Waals surface area contributed by atoms with Gasteiger partial charge in [-0.15, -0.1) is 0 Å². The maximum absolute atomic E-state index is 12.2. The molecule has 1 unspecified atom stereocenters.